The van der Waals surface area contributed by atoms with Crippen molar-refractivity contribution in [1.82, 2.24) is 4.90 Å². The van der Waals surface area contributed by atoms with E-state index in [0.29, 0.717) is 45.4 Å². The Morgan fingerprint density at radius 1 is 1.46 bits per heavy atom. The van der Waals surface area contributed by atoms with Crippen LogP contribution in [0.25, 0.3) is 0 Å². The fourth-order valence-electron chi connectivity index (χ4n) is 3.01. The molecule has 5 nitrogen and oxygen atoms in total. The lowest BCUT2D eigenvalue weighted by molar-refractivity contribution is -0.140. The zero-order chi connectivity index (χ0) is 17.0. The summed E-state index contributed by atoms with van der Waals surface area (Å²) < 4.78 is 19.0. The van der Waals surface area contributed by atoms with Crippen molar-refractivity contribution in [3.05, 3.63) is 35.6 Å². The lowest BCUT2D eigenvalue weighted by Gasteiger charge is -2.36. The molecule has 0 saturated carbocycles. The molecule has 1 fully saturated rings. The molecule has 2 aliphatic rings. The minimum Gasteiger partial charge on any atom is -0.377 e. The largest absolute Gasteiger partial charge is 0.377 e. The van der Waals surface area contributed by atoms with Gasteiger partial charge >= 0.3 is 0 Å². The Kier molecular flexibility index (Phi) is 4.91. The smallest absolute Gasteiger partial charge is 0.223 e. The molecule has 0 unspecified atom stereocenters. The Bertz CT molecular complexity index is 677. The number of rotatable bonds is 6. The Labute approximate surface area is 140 Å². The maximum absolute atomic E-state index is 13.5. The van der Waals surface area contributed by atoms with Crippen LogP contribution in [0.5, 0.6) is 0 Å². The summed E-state index contributed by atoms with van der Waals surface area (Å²) >= 11 is 0. The van der Waals surface area contributed by atoms with E-state index in [0.717, 1.165) is 5.56 Å². The first kappa shape index (κ1) is 16.6. The van der Waals surface area contributed by atoms with Crippen molar-refractivity contribution in [2.24, 2.45) is 10.2 Å². The van der Waals surface area contributed by atoms with Crippen molar-refractivity contribution in [2.45, 2.75) is 37.4 Å². The number of carbonyl (C=O) groups is 1. The van der Waals surface area contributed by atoms with Crippen LogP contribution < -0.4 is 0 Å². The molecule has 0 spiro atoms. The second kappa shape index (κ2) is 7.10. The van der Waals surface area contributed by atoms with E-state index in [9.17, 15) is 9.18 Å². The molecule has 3 rings (SSSR count). The molecule has 0 N–H and O–H groups in total. The van der Waals surface area contributed by atoms with E-state index < -0.39 is 5.66 Å². The summed E-state index contributed by atoms with van der Waals surface area (Å²) in [6.07, 6.45) is 7.49. The molecule has 2 aliphatic heterocycles. The summed E-state index contributed by atoms with van der Waals surface area (Å²) in [4.78, 5) is 14.4. The highest BCUT2D eigenvalue weighted by Gasteiger charge is 2.40. The number of hydrogen-bond acceptors (Lipinski definition) is 4. The maximum atomic E-state index is 13.5. The van der Waals surface area contributed by atoms with Crippen molar-refractivity contribution in [1.29, 1.82) is 0 Å². The first-order chi connectivity index (χ1) is 11.6. The molecule has 1 amide bonds. The molecule has 0 radical (unpaired) electrons. The van der Waals surface area contributed by atoms with Crippen molar-refractivity contribution in [2.75, 3.05) is 19.8 Å². The van der Waals surface area contributed by atoms with Crippen LogP contribution in [-0.4, -0.2) is 36.2 Å². The number of carbonyl (C=O) groups excluding carboxylic acids is 1. The minimum atomic E-state index is -0.456. The lowest BCUT2D eigenvalue weighted by Crippen LogP contribution is -2.43. The van der Waals surface area contributed by atoms with E-state index in [1.54, 1.807) is 11.0 Å². The molecular formula is C18H20FN3O2. The summed E-state index contributed by atoms with van der Waals surface area (Å²) in [5.74, 6) is 2.29. The Morgan fingerprint density at radius 3 is 3.00 bits per heavy atom. The molecule has 1 atom stereocenters. The molecule has 0 aliphatic carbocycles. The van der Waals surface area contributed by atoms with Gasteiger partial charge in [0.2, 0.25) is 5.91 Å². The predicted octanol–water partition coefficient (Wildman–Crippen LogP) is 3.08. The van der Waals surface area contributed by atoms with E-state index in [1.807, 2.05) is 6.07 Å². The van der Waals surface area contributed by atoms with Gasteiger partial charge in [-0.3, -0.25) is 4.79 Å². The van der Waals surface area contributed by atoms with E-state index in [4.69, 9.17) is 11.2 Å². The van der Waals surface area contributed by atoms with Crippen molar-refractivity contribution < 1.29 is 13.9 Å². The van der Waals surface area contributed by atoms with Gasteiger partial charge in [0.05, 0.1) is 19.3 Å². The molecular weight excluding hydrogens is 309 g/mol. The normalized spacial score (nSPS) is 21.3. The molecule has 6 heteroatoms. The molecule has 1 saturated heterocycles. The second-order valence-electron chi connectivity index (χ2n) is 6.12. The van der Waals surface area contributed by atoms with Gasteiger partial charge in [-0.1, -0.05) is 12.1 Å². The van der Waals surface area contributed by atoms with E-state index in [-0.39, 0.29) is 17.8 Å². The van der Waals surface area contributed by atoms with Gasteiger partial charge in [-0.05, 0) is 17.7 Å². The van der Waals surface area contributed by atoms with Crippen LogP contribution in [0, 0.1) is 18.2 Å². The highest BCUT2D eigenvalue weighted by molar-refractivity contribution is 5.77. The quantitative estimate of drug-likeness (QED) is 0.753. The van der Waals surface area contributed by atoms with Crippen LogP contribution in [0.15, 0.2) is 34.5 Å². The average Bonchev–Trinajstić information content (AvgIpc) is 3.38. The van der Waals surface area contributed by atoms with Gasteiger partial charge in [0.15, 0.2) is 5.66 Å². The number of ether oxygens (including phenoxy) is 1. The predicted molar refractivity (Wildman–Crippen MR) is 86.6 cm³/mol. The number of terminal acetylenes is 1. The zero-order valence-electron chi connectivity index (χ0n) is 13.4. The van der Waals surface area contributed by atoms with Crippen LogP contribution in [0.1, 0.15) is 37.3 Å². The average molecular weight is 329 g/mol. The number of hydrogen-bond donors (Lipinski definition) is 0. The Balaban J connectivity index is 1.63. The van der Waals surface area contributed by atoms with Gasteiger partial charge in [0.1, 0.15) is 5.82 Å². The molecule has 1 aromatic rings. The summed E-state index contributed by atoms with van der Waals surface area (Å²) in [7, 11) is 0. The van der Waals surface area contributed by atoms with Gasteiger partial charge in [0, 0.05) is 32.2 Å². The first-order valence-electron chi connectivity index (χ1n) is 8.14. The topological polar surface area (TPSA) is 54.3 Å². The third-order valence-corrected chi connectivity index (χ3v) is 4.47. The minimum absolute atomic E-state index is 0.0185. The van der Waals surface area contributed by atoms with Gasteiger partial charge in [-0.25, -0.2) is 4.39 Å². The number of morpholine rings is 1. The SMILES string of the molecule is C#CCCC1(CCC(=O)N2CCOC[C@H]2c2cccc(F)c2)N=N1. The summed E-state index contributed by atoms with van der Waals surface area (Å²) in [6.45, 7) is 1.38. The first-order valence-corrected chi connectivity index (χ1v) is 8.14. The monoisotopic (exact) mass is 329 g/mol. The van der Waals surface area contributed by atoms with Crippen LogP contribution in [0.3, 0.4) is 0 Å². The van der Waals surface area contributed by atoms with E-state index >= 15 is 0 Å². The van der Waals surface area contributed by atoms with Crippen LogP contribution in [0.2, 0.25) is 0 Å². The van der Waals surface area contributed by atoms with Gasteiger partial charge in [-0.15, -0.1) is 12.3 Å². The second-order valence-corrected chi connectivity index (χ2v) is 6.12. The highest BCUT2D eigenvalue weighted by Crippen LogP contribution is 2.38. The summed E-state index contributed by atoms with van der Waals surface area (Å²) in [6, 6.07) is 6.07. The number of nitrogens with zero attached hydrogens (tertiary/aromatic N) is 3. The molecule has 0 aromatic heterocycles. The fraction of sp³-hybridized carbons (Fsp3) is 0.500. The third-order valence-electron chi connectivity index (χ3n) is 4.47. The van der Waals surface area contributed by atoms with E-state index in [2.05, 4.69) is 16.1 Å². The standard InChI is InChI=1S/C18H20FN3O2/c1-2-3-8-18(20-21-18)9-7-17(23)22-10-11-24-13-16(22)14-5-4-6-15(19)12-14/h1,4-6,12,16H,3,7-11,13H2/t16-/m0/s1. The number of halogens is 1. The van der Waals surface area contributed by atoms with Gasteiger partial charge in [-0.2, -0.15) is 10.2 Å². The molecule has 24 heavy (non-hydrogen) atoms. The molecule has 2 heterocycles. The summed E-state index contributed by atoms with van der Waals surface area (Å²) in [5, 5.41) is 8.12. The van der Waals surface area contributed by atoms with Crippen LogP contribution >= 0.6 is 0 Å². The van der Waals surface area contributed by atoms with Crippen molar-refractivity contribution in [3.8, 4) is 12.3 Å². The number of amides is 1. The van der Waals surface area contributed by atoms with Crippen molar-refractivity contribution >= 4 is 5.91 Å². The third kappa shape index (κ3) is 3.80. The van der Waals surface area contributed by atoms with Crippen LogP contribution in [-0.2, 0) is 9.53 Å². The molecule has 126 valence electrons. The van der Waals surface area contributed by atoms with Crippen LogP contribution in [0.4, 0.5) is 4.39 Å². The molecule has 0 bridgehead atoms. The highest BCUT2D eigenvalue weighted by atomic mass is 19.1. The van der Waals surface area contributed by atoms with Gasteiger partial charge < -0.3 is 9.64 Å². The van der Waals surface area contributed by atoms with Gasteiger partial charge in [0.25, 0.3) is 0 Å². The Hall–Kier alpha value is -2.26. The molecule has 1 aromatic carbocycles. The van der Waals surface area contributed by atoms with E-state index in [1.165, 1.54) is 12.1 Å². The summed E-state index contributed by atoms with van der Waals surface area (Å²) in [5.41, 5.74) is 0.300. The lowest BCUT2D eigenvalue weighted by atomic mass is 10.00. The Morgan fingerprint density at radius 2 is 2.29 bits per heavy atom. The zero-order valence-corrected chi connectivity index (χ0v) is 13.4. The number of benzene rings is 1. The van der Waals surface area contributed by atoms with Crippen molar-refractivity contribution in [3.63, 3.8) is 0 Å². The fourth-order valence-corrected chi connectivity index (χ4v) is 3.01. The maximum Gasteiger partial charge on any atom is 0.223 e.